The molecule has 26 rings (SSSR count). The maximum atomic E-state index is 8.39. The second kappa shape index (κ2) is 34.4. The van der Waals surface area contributed by atoms with Gasteiger partial charge in [-0.15, -0.1) is 0 Å². The predicted octanol–water partition coefficient (Wildman–Crippen LogP) is 38.8. The van der Waals surface area contributed by atoms with Gasteiger partial charge in [-0.1, -0.05) is 367 Å². The summed E-state index contributed by atoms with van der Waals surface area (Å²) in [6, 6.07) is 130. The van der Waals surface area contributed by atoms with Gasteiger partial charge < -0.3 is 22.1 Å². The fourth-order valence-electron chi connectivity index (χ4n) is 18.2. The molecule has 0 aliphatic carbocycles. The van der Waals surface area contributed by atoms with Gasteiger partial charge in [0.1, 0.15) is 55.8 Å². The lowest BCUT2D eigenvalue weighted by Gasteiger charge is -2.18. The van der Waals surface area contributed by atoms with E-state index in [4.69, 9.17) is 28.9 Å². The second-order valence-corrected chi connectivity index (χ2v) is 38.1. The first kappa shape index (κ1) is 76.4. The average molecular weight is 2000 g/mol. The molecule has 21 aromatic carbocycles. The van der Waals surface area contributed by atoms with Crippen LogP contribution >= 0.6 is 79.6 Å². The molecule has 0 N–H and O–H groups in total. The Hall–Kier alpha value is -13.7. The van der Waals surface area contributed by atoms with Crippen LogP contribution in [0.25, 0.3) is 230 Å². The summed E-state index contributed by atoms with van der Waals surface area (Å²) in [6.45, 7) is 6.75. The van der Waals surface area contributed by atoms with Crippen molar-refractivity contribution in [2.75, 3.05) is 0 Å². The Morgan fingerprint density at radius 2 is 0.562 bits per heavy atom. The summed E-state index contributed by atoms with van der Waals surface area (Å²) in [5.41, 5.74) is 23.1. The van der Waals surface area contributed by atoms with Crippen LogP contribution in [-0.4, -0.2) is 0 Å². The lowest BCUT2D eigenvalue weighted by molar-refractivity contribution is 0.590. The SMILES string of the molecule is Brc1ccc(-c2cc3c4ccccc4oc3c3ccccc23)cc1.Brc1ccc(-c2ccc3ccc4c5ccccc5oc4c3c2)cc1.Brc1cccc(-c2cc3c4ccccc4oc3c3ccccc23)c1.CC(C)(C)c1ccc2oc3c4ccccc4c(-c4cccc(Br)c4)cc3c2c1.[2H]c1c([2H])c([2H])c(-c2ccc3c(c2)cc(-c2ccc(Br)cc2)c2c4ccccc4oc32)c([2H])c1[2H]. The molecule has 0 aliphatic rings. The van der Waals surface area contributed by atoms with Crippen molar-refractivity contribution >= 4 is 243 Å². The molecule has 0 unspecified atom stereocenters. The minimum Gasteiger partial charge on any atom is -0.455 e. The minimum atomic E-state index is -0.397. The van der Waals surface area contributed by atoms with Crippen LogP contribution < -0.4 is 0 Å². The van der Waals surface area contributed by atoms with E-state index in [0.29, 0.717) is 5.56 Å². The van der Waals surface area contributed by atoms with E-state index in [0.717, 1.165) is 143 Å². The summed E-state index contributed by atoms with van der Waals surface area (Å²) in [7, 11) is 0. The summed E-state index contributed by atoms with van der Waals surface area (Å²) in [6.07, 6.45) is 0. The molecule has 0 radical (unpaired) electrons. The van der Waals surface area contributed by atoms with Crippen molar-refractivity contribution in [2.45, 2.75) is 26.2 Å². The summed E-state index contributed by atoms with van der Waals surface area (Å²) in [5.74, 6) is 0. The fraction of sp³-hybridized carbons (Fsp3) is 0.0333. The molecule has 0 fully saturated rings. The molecule has 5 aromatic heterocycles. The highest BCUT2D eigenvalue weighted by Crippen LogP contribution is 2.48. The van der Waals surface area contributed by atoms with Crippen molar-refractivity contribution in [3.63, 3.8) is 0 Å². The lowest BCUT2D eigenvalue weighted by Crippen LogP contribution is -2.10. The number of furan rings is 5. The number of benzene rings is 21. The van der Waals surface area contributed by atoms with Crippen molar-refractivity contribution < 1.29 is 28.9 Å². The molecule has 0 aliphatic heterocycles. The Balaban J connectivity index is 0.0000000987. The number of hydrogen-bond donors (Lipinski definition) is 0. The van der Waals surface area contributed by atoms with E-state index in [1.165, 1.54) is 104 Å². The highest BCUT2D eigenvalue weighted by Gasteiger charge is 2.23. The molecular weight excluding hydrogens is 1920 g/mol. The minimum absolute atomic E-state index is 0.0990. The topological polar surface area (TPSA) is 65.7 Å². The van der Waals surface area contributed by atoms with Crippen LogP contribution in [-0.2, 0) is 5.41 Å². The molecule has 0 atom stereocenters. The Labute approximate surface area is 798 Å². The Morgan fingerprint density at radius 1 is 0.200 bits per heavy atom. The van der Waals surface area contributed by atoms with Gasteiger partial charge >= 0.3 is 0 Å². The molecule has 0 bridgehead atoms. The van der Waals surface area contributed by atoms with Crippen molar-refractivity contribution in [1.29, 1.82) is 0 Å². The zero-order chi connectivity index (χ0) is 92.2. The largest absolute Gasteiger partial charge is 0.455 e. The van der Waals surface area contributed by atoms with Crippen molar-refractivity contribution in [3.05, 3.63) is 440 Å². The van der Waals surface area contributed by atoms with E-state index >= 15 is 0 Å². The Morgan fingerprint density at radius 3 is 1.05 bits per heavy atom. The van der Waals surface area contributed by atoms with Gasteiger partial charge in [0.2, 0.25) is 0 Å². The highest BCUT2D eigenvalue weighted by molar-refractivity contribution is 9.11. The first-order valence-corrected chi connectivity index (χ1v) is 46.8. The molecular formula is C120H77Br5O5. The summed E-state index contributed by atoms with van der Waals surface area (Å²) in [5, 5.41) is 22.6. The van der Waals surface area contributed by atoms with Crippen LogP contribution in [0.5, 0.6) is 0 Å². The quantitative estimate of drug-likeness (QED) is 0.166. The number of rotatable bonds is 6. The van der Waals surface area contributed by atoms with Crippen LogP contribution in [0.15, 0.2) is 457 Å². The third-order valence-electron chi connectivity index (χ3n) is 24.5. The summed E-state index contributed by atoms with van der Waals surface area (Å²) in [4.78, 5) is 0. The van der Waals surface area contributed by atoms with E-state index < -0.39 is 6.04 Å². The molecule has 5 nitrogen and oxygen atoms in total. The van der Waals surface area contributed by atoms with Crippen molar-refractivity contribution in [3.8, 4) is 66.8 Å². The van der Waals surface area contributed by atoms with E-state index in [1.807, 2.05) is 91.0 Å². The monoisotopic (exact) mass is 2000 g/mol. The van der Waals surface area contributed by atoms with E-state index in [9.17, 15) is 0 Å². The highest BCUT2D eigenvalue weighted by atomic mass is 79.9. The molecule has 622 valence electrons. The van der Waals surface area contributed by atoms with Gasteiger partial charge in [0.05, 0.1) is 6.85 Å². The lowest BCUT2D eigenvalue weighted by atomic mass is 9.86. The van der Waals surface area contributed by atoms with Crippen LogP contribution in [0.2, 0.25) is 0 Å². The summed E-state index contributed by atoms with van der Waals surface area (Å²) >= 11 is 17.7. The predicted molar refractivity (Wildman–Crippen MR) is 566 cm³/mol. The molecule has 26 aromatic rings. The van der Waals surface area contributed by atoms with Gasteiger partial charge in [0.25, 0.3) is 0 Å². The van der Waals surface area contributed by atoms with Gasteiger partial charge in [0, 0.05) is 103 Å². The Kier molecular flexibility index (Phi) is 20.2. The first-order chi connectivity index (χ1) is 65.7. The molecule has 130 heavy (non-hydrogen) atoms. The maximum absolute atomic E-state index is 8.39. The van der Waals surface area contributed by atoms with Crippen LogP contribution in [0.1, 0.15) is 33.2 Å². The standard InChI is InChI=1S/C28H17BrO.C26H21BrO.3C22H13BrO/c29-22-13-10-19(11-14-22)25-17-21-16-20(18-6-2-1-3-7-18)12-15-23(21)28-27(25)24-8-4-5-9-26(24)30-28;1-26(2,3)17-11-12-24-22(14-17)23-15-21(16-7-6-8-18(27)13-16)19-9-4-5-10-20(19)25(23)28-24;23-15-7-5-6-14(12-15)19-13-20-17-9-3-4-11-21(17)24-22(20)18-10-2-1-8-16(18)19;23-15-11-9-14(10-12-15)19-13-20-17-6-3-4-8-21(17)24-22(20)18-7-2-1-5-16(18)19;23-17-10-7-14(8-11-17)16-6-5-15-9-12-19-18-3-1-2-4-21(18)24-22(19)20(15)13-16/h1-17H;4-15H,1-3H3;3*1-13H/i1D,2D,3D,6D,7D;;;;. The van der Waals surface area contributed by atoms with E-state index in [-0.39, 0.29) is 35.1 Å². The fourth-order valence-corrected chi connectivity index (χ4v) is 19.8. The van der Waals surface area contributed by atoms with Gasteiger partial charge in [-0.05, 0) is 250 Å². The van der Waals surface area contributed by atoms with Crippen molar-refractivity contribution in [2.24, 2.45) is 0 Å². The van der Waals surface area contributed by atoms with E-state index in [2.05, 4.69) is 386 Å². The zero-order valence-electron chi connectivity index (χ0n) is 75.3. The molecule has 0 amide bonds. The van der Waals surface area contributed by atoms with Gasteiger partial charge in [-0.3, -0.25) is 0 Å². The molecule has 5 heterocycles. The van der Waals surface area contributed by atoms with Crippen LogP contribution in [0, 0.1) is 0 Å². The second-order valence-electron chi connectivity index (χ2n) is 33.5. The number of halogens is 5. The smallest absolute Gasteiger partial charge is 0.143 e. The number of fused-ring (bicyclic) bond motifs is 25. The molecule has 0 spiro atoms. The normalized spacial score (nSPS) is 12.2. The molecule has 10 heteroatoms. The number of hydrogen-bond acceptors (Lipinski definition) is 5. The third-order valence-corrected chi connectivity index (χ3v) is 27.1. The van der Waals surface area contributed by atoms with E-state index in [1.54, 1.807) is 6.07 Å². The molecule has 0 saturated carbocycles. The van der Waals surface area contributed by atoms with Crippen LogP contribution in [0.3, 0.4) is 0 Å². The zero-order valence-corrected chi connectivity index (χ0v) is 78.2. The third kappa shape index (κ3) is 15.5. The average Bonchev–Trinajstić information content (AvgIpc) is 1.69. The number of para-hydroxylation sites is 4. The Bertz CT molecular complexity index is 9210. The van der Waals surface area contributed by atoms with Gasteiger partial charge in [0.15, 0.2) is 0 Å². The van der Waals surface area contributed by atoms with Gasteiger partial charge in [-0.25, -0.2) is 0 Å². The first-order valence-electron chi connectivity index (χ1n) is 45.3. The van der Waals surface area contributed by atoms with Gasteiger partial charge in [-0.2, -0.15) is 0 Å². The van der Waals surface area contributed by atoms with Crippen LogP contribution in [0.4, 0.5) is 0 Å². The maximum Gasteiger partial charge on any atom is 0.143 e. The van der Waals surface area contributed by atoms with Crippen molar-refractivity contribution in [1.82, 2.24) is 0 Å². The molecule has 0 saturated heterocycles. The summed E-state index contributed by atoms with van der Waals surface area (Å²) < 4.78 is 77.3.